The van der Waals surface area contributed by atoms with Gasteiger partial charge in [-0.3, -0.25) is 4.90 Å². The highest BCUT2D eigenvalue weighted by Gasteiger charge is 2.38. The highest BCUT2D eigenvalue weighted by molar-refractivity contribution is 4.97. The Bertz CT molecular complexity index is 288. The van der Waals surface area contributed by atoms with Crippen LogP contribution in [0.15, 0.2) is 0 Å². The summed E-state index contributed by atoms with van der Waals surface area (Å²) in [5.74, 6) is 0. The van der Waals surface area contributed by atoms with E-state index in [4.69, 9.17) is 4.74 Å². The molecule has 1 aliphatic heterocycles. The minimum absolute atomic E-state index is 0.0427. The van der Waals surface area contributed by atoms with Crippen molar-refractivity contribution in [2.24, 2.45) is 0 Å². The summed E-state index contributed by atoms with van der Waals surface area (Å²) in [4.78, 5) is 2.61. The Morgan fingerprint density at radius 2 is 2.25 bits per heavy atom. The molecule has 20 heavy (non-hydrogen) atoms. The third-order valence-corrected chi connectivity index (χ3v) is 5.01. The van der Waals surface area contributed by atoms with Gasteiger partial charge in [-0.1, -0.05) is 13.8 Å². The molecule has 4 heteroatoms. The standard InChI is InChI=1S/C16H32N2O2/c1-3-8-17-16(13-19)7-5-6-14(11-16)18-9-10-20-15(4-2)12-18/h14-15,17,19H,3-13H2,1-2H3. The van der Waals surface area contributed by atoms with Crippen LogP contribution in [0.2, 0.25) is 0 Å². The first-order valence-electron chi connectivity index (χ1n) is 8.44. The van der Waals surface area contributed by atoms with Gasteiger partial charge in [-0.25, -0.2) is 0 Å². The fraction of sp³-hybridized carbons (Fsp3) is 1.00. The predicted molar refractivity (Wildman–Crippen MR) is 82.0 cm³/mol. The summed E-state index contributed by atoms with van der Waals surface area (Å²) < 4.78 is 5.78. The quantitative estimate of drug-likeness (QED) is 0.780. The Morgan fingerprint density at radius 3 is 2.95 bits per heavy atom. The summed E-state index contributed by atoms with van der Waals surface area (Å²) in [6, 6.07) is 0.609. The first kappa shape index (κ1) is 16.2. The van der Waals surface area contributed by atoms with E-state index in [1.807, 2.05) is 0 Å². The average Bonchev–Trinajstić information content (AvgIpc) is 2.53. The third-order valence-electron chi connectivity index (χ3n) is 5.01. The Morgan fingerprint density at radius 1 is 1.40 bits per heavy atom. The van der Waals surface area contributed by atoms with E-state index in [0.717, 1.165) is 51.9 Å². The zero-order chi connectivity index (χ0) is 14.4. The molecule has 1 aliphatic carbocycles. The van der Waals surface area contributed by atoms with Crippen LogP contribution >= 0.6 is 0 Å². The van der Waals surface area contributed by atoms with E-state index in [0.29, 0.717) is 12.1 Å². The predicted octanol–water partition coefficient (Wildman–Crippen LogP) is 1.77. The van der Waals surface area contributed by atoms with Crippen molar-refractivity contribution >= 4 is 0 Å². The third kappa shape index (κ3) is 3.94. The minimum atomic E-state index is -0.0427. The lowest BCUT2D eigenvalue weighted by atomic mass is 9.78. The molecule has 2 N–H and O–H groups in total. The van der Waals surface area contributed by atoms with Crippen molar-refractivity contribution in [2.75, 3.05) is 32.8 Å². The maximum atomic E-state index is 9.88. The van der Waals surface area contributed by atoms with E-state index < -0.39 is 0 Å². The lowest BCUT2D eigenvalue weighted by molar-refractivity contribution is -0.0579. The number of ether oxygens (including phenoxy) is 1. The topological polar surface area (TPSA) is 44.7 Å². The lowest BCUT2D eigenvalue weighted by Crippen LogP contribution is -2.58. The van der Waals surface area contributed by atoms with Gasteiger partial charge < -0.3 is 15.2 Å². The molecule has 0 spiro atoms. The molecule has 1 saturated heterocycles. The van der Waals surface area contributed by atoms with Gasteiger partial charge in [-0.05, 0) is 45.1 Å². The van der Waals surface area contributed by atoms with Crippen molar-refractivity contribution in [3.63, 3.8) is 0 Å². The van der Waals surface area contributed by atoms with E-state index in [1.165, 1.54) is 12.8 Å². The van der Waals surface area contributed by atoms with Crippen LogP contribution in [0.3, 0.4) is 0 Å². The molecule has 2 aliphatic rings. The monoisotopic (exact) mass is 284 g/mol. The average molecular weight is 284 g/mol. The number of hydrogen-bond acceptors (Lipinski definition) is 4. The summed E-state index contributed by atoms with van der Waals surface area (Å²) >= 11 is 0. The molecule has 4 nitrogen and oxygen atoms in total. The van der Waals surface area contributed by atoms with Crippen molar-refractivity contribution in [1.29, 1.82) is 0 Å². The Kier molecular flexibility index (Phi) is 6.27. The maximum absolute atomic E-state index is 9.88. The van der Waals surface area contributed by atoms with Crippen LogP contribution in [0.1, 0.15) is 52.4 Å². The molecule has 0 bridgehead atoms. The van der Waals surface area contributed by atoms with Crippen molar-refractivity contribution in [3.05, 3.63) is 0 Å². The van der Waals surface area contributed by atoms with Gasteiger partial charge in [0.25, 0.3) is 0 Å². The number of morpholine rings is 1. The smallest absolute Gasteiger partial charge is 0.0700 e. The molecule has 1 heterocycles. The number of aliphatic hydroxyl groups is 1. The molecular formula is C16H32N2O2. The van der Waals surface area contributed by atoms with Gasteiger partial charge in [-0.2, -0.15) is 0 Å². The number of aliphatic hydroxyl groups excluding tert-OH is 1. The van der Waals surface area contributed by atoms with Crippen LogP contribution in [0.5, 0.6) is 0 Å². The van der Waals surface area contributed by atoms with Crippen molar-refractivity contribution in [3.8, 4) is 0 Å². The molecule has 0 amide bonds. The second-order valence-corrected chi connectivity index (χ2v) is 6.51. The van der Waals surface area contributed by atoms with Crippen LogP contribution in [-0.4, -0.2) is 60.5 Å². The summed E-state index contributed by atoms with van der Waals surface area (Å²) in [5, 5.41) is 13.5. The molecule has 0 aromatic heterocycles. The summed E-state index contributed by atoms with van der Waals surface area (Å²) in [6.07, 6.45) is 7.31. The molecule has 0 aromatic rings. The van der Waals surface area contributed by atoms with Gasteiger partial charge in [0.2, 0.25) is 0 Å². The van der Waals surface area contributed by atoms with Gasteiger partial charge >= 0.3 is 0 Å². The van der Waals surface area contributed by atoms with E-state index >= 15 is 0 Å². The Balaban J connectivity index is 1.94. The normalized spacial score (nSPS) is 36.1. The maximum Gasteiger partial charge on any atom is 0.0700 e. The zero-order valence-corrected chi connectivity index (χ0v) is 13.2. The van der Waals surface area contributed by atoms with Crippen LogP contribution in [-0.2, 0) is 4.74 Å². The fourth-order valence-corrected chi connectivity index (χ4v) is 3.71. The highest BCUT2D eigenvalue weighted by Crippen LogP contribution is 2.32. The van der Waals surface area contributed by atoms with E-state index in [9.17, 15) is 5.11 Å². The van der Waals surface area contributed by atoms with E-state index in [-0.39, 0.29) is 12.1 Å². The van der Waals surface area contributed by atoms with Crippen LogP contribution < -0.4 is 5.32 Å². The SMILES string of the molecule is CCCNC1(CO)CCCC(N2CCOC(CC)C2)C1. The summed E-state index contributed by atoms with van der Waals surface area (Å²) in [5.41, 5.74) is -0.0427. The number of rotatable bonds is 6. The van der Waals surface area contributed by atoms with Crippen molar-refractivity contribution in [2.45, 2.75) is 70.1 Å². The molecule has 2 fully saturated rings. The number of nitrogens with one attached hydrogen (secondary N) is 1. The molecule has 0 aromatic carbocycles. The highest BCUT2D eigenvalue weighted by atomic mass is 16.5. The lowest BCUT2D eigenvalue weighted by Gasteiger charge is -2.46. The molecular weight excluding hydrogens is 252 g/mol. The van der Waals surface area contributed by atoms with Crippen molar-refractivity contribution in [1.82, 2.24) is 10.2 Å². The largest absolute Gasteiger partial charge is 0.394 e. The van der Waals surface area contributed by atoms with E-state index in [2.05, 4.69) is 24.1 Å². The summed E-state index contributed by atoms with van der Waals surface area (Å²) in [7, 11) is 0. The molecule has 118 valence electrons. The Labute approximate surface area is 123 Å². The Hall–Kier alpha value is -0.160. The van der Waals surface area contributed by atoms with E-state index in [1.54, 1.807) is 0 Å². The van der Waals surface area contributed by atoms with Gasteiger partial charge in [0, 0.05) is 24.7 Å². The minimum Gasteiger partial charge on any atom is -0.394 e. The first-order chi connectivity index (χ1) is 9.73. The summed E-state index contributed by atoms with van der Waals surface area (Å²) in [6.45, 7) is 8.65. The van der Waals surface area contributed by atoms with Gasteiger partial charge in [0.1, 0.15) is 0 Å². The molecule has 0 radical (unpaired) electrons. The van der Waals surface area contributed by atoms with Gasteiger partial charge in [-0.15, -0.1) is 0 Å². The second kappa shape index (κ2) is 7.74. The molecule has 3 unspecified atom stereocenters. The molecule has 2 rings (SSSR count). The number of nitrogens with zero attached hydrogens (tertiary/aromatic N) is 1. The van der Waals surface area contributed by atoms with Crippen LogP contribution in [0.25, 0.3) is 0 Å². The van der Waals surface area contributed by atoms with Crippen LogP contribution in [0.4, 0.5) is 0 Å². The number of hydrogen-bond donors (Lipinski definition) is 2. The fourth-order valence-electron chi connectivity index (χ4n) is 3.71. The molecule has 1 saturated carbocycles. The first-order valence-corrected chi connectivity index (χ1v) is 8.44. The van der Waals surface area contributed by atoms with Crippen LogP contribution in [0, 0.1) is 0 Å². The van der Waals surface area contributed by atoms with Gasteiger partial charge in [0.15, 0.2) is 0 Å². The second-order valence-electron chi connectivity index (χ2n) is 6.51. The zero-order valence-electron chi connectivity index (χ0n) is 13.2. The van der Waals surface area contributed by atoms with Crippen molar-refractivity contribution < 1.29 is 9.84 Å². The molecule has 3 atom stereocenters. The van der Waals surface area contributed by atoms with Gasteiger partial charge in [0.05, 0.1) is 19.3 Å².